The van der Waals surface area contributed by atoms with Crippen LogP contribution in [-0.4, -0.2) is 16.0 Å². The predicted molar refractivity (Wildman–Crippen MR) is 101 cm³/mol. The number of hydrogen-bond donors (Lipinski definition) is 2. The lowest BCUT2D eigenvalue weighted by Crippen LogP contribution is -2.15. The number of fused-ring (bicyclic) bond motifs is 1. The van der Waals surface area contributed by atoms with E-state index < -0.39 is 5.91 Å². The quantitative estimate of drug-likeness (QED) is 0.573. The Morgan fingerprint density at radius 2 is 2.07 bits per heavy atom. The second-order valence-electron chi connectivity index (χ2n) is 6.18. The van der Waals surface area contributed by atoms with Gasteiger partial charge in [0.2, 0.25) is 5.76 Å². The van der Waals surface area contributed by atoms with E-state index in [-0.39, 0.29) is 11.3 Å². The van der Waals surface area contributed by atoms with E-state index >= 15 is 0 Å². The Bertz CT molecular complexity index is 1190. The first-order chi connectivity index (χ1) is 13.1. The highest BCUT2D eigenvalue weighted by Gasteiger charge is 2.16. The smallest absolute Gasteiger partial charge is 0.277 e. The summed E-state index contributed by atoms with van der Waals surface area (Å²) in [6.07, 6.45) is 2.18. The molecule has 0 saturated heterocycles. The van der Waals surface area contributed by atoms with Crippen molar-refractivity contribution in [1.82, 2.24) is 10.1 Å². The lowest BCUT2D eigenvalue weighted by atomic mass is 10.0. The van der Waals surface area contributed by atoms with E-state index in [0.29, 0.717) is 29.1 Å². The van der Waals surface area contributed by atoms with Crippen LogP contribution in [0.15, 0.2) is 56.4 Å². The maximum Gasteiger partial charge on any atom is 0.277 e. The Morgan fingerprint density at radius 3 is 2.81 bits per heavy atom. The molecule has 0 unspecified atom stereocenters. The van der Waals surface area contributed by atoms with Crippen molar-refractivity contribution < 1.29 is 13.7 Å². The van der Waals surface area contributed by atoms with E-state index in [1.54, 1.807) is 24.3 Å². The summed E-state index contributed by atoms with van der Waals surface area (Å²) in [5, 5.41) is 7.49. The van der Waals surface area contributed by atoms with Crippen molar-refractivity contribution in [2.24, 2.45) is 0 Å². The molecule has 0 saturated carbocycles. The predicted octanol–water partition coefficient (Wildman–Crippen LogP) is 3.90. The minimum Gasteiger partial charge on any atom is -0.461 e. The van der Waals surface area contributed by atoms with Crippen LogP contribution in [0, 0.1) is 6.92 Å². The molecule has 136 valence electrons. The van der Waals surface area contributed by atoms with Crippen molar-refractivity contribution in [2.45, 2.75) is 20.3 Å². The maximum atomic E-state index is 12.4. The van der Waals surface area contributed by atoms with Crippen LogP contribution in [0.2, 0.25) is 0 Å². The van der Waals surface area contributed by atoms with Gasteiger partial charge >= 0.3 is 0 Å². The molecule has 2 N–H and O–H groups in total. The monoisotopic (exact) mass is 363 g/mol. The van der Waals surface area contributed by atoms with Gasteiger partial charge in [-0.25, -0.2) is 0 Å². The number of nitrogens with zero attached hydrogens (tertiary/aromatic N) is 1. The van der Waals surface area contributed by atoms with Gasteiger partial charge in [-0.15, -0.1) is 0 Å². The number of carbonyl (C=O) groups is 1. The van der Waals surface area contributed by atoms with Crippen molar-refractivity contribution >= 4 is 22.5 Å². The number of aromatic amines is 1. The normalized spacial score (nSPS) is 11.0. The van der Waals surface area contributed by atoms with Crippen LogP contribution < -0.4 is 10.9 Å². The van der Waals surface area contributed by atoms with Crippen molar-refractivity contribution in [3.05, 3.63) is 69.8 Å². The third kappa shape index (κ3) is 3.03. The average molecular weight is 363 g/mol. The summed E-state index contributed by atoms with van der Waals surface area (Å²) in [5.74, 6) is 0.447. The summed E-state index contributed by atoms with van der Waals surface area (Å²) in [6.45, 7) is 3.88. The molecule has 7 nitrogen and oxygen atoms in total. The zero-order valence-electron chi connectivity index (χ0n) is 14.8. The van der Waals surface area contributed by atoms with E-state index in [4.69, 9.17) is 8.94 Å². The molecule has 0 spiro atoms. The number of aromatic nitrogens is 2. The Morgan fingerprint density at radius 1 is 1.22 bits per heavy atom. The second-order valence-corrected chi connectivity index (χ2v) is 6.18. The van der Waals surface area contributed by atoms with Crippen molar-refractivity contribution in [3.63, 3.8) is 0 Å². The number of anilines is 1. The molecule has 0 fully saturated rings. The highest BCUT2D eigenvalue weighted by molar-refractivity contribution is 6.04. The Balaban J connectivity index is 1.62. The van der Waals surface area contributed by atoms with Gasteiger partial charge < -0.3 is 19.2 Å². The number of carbonyl (C=O) groups excluding carboxylic acids is 1. The van der Waals surface area contributed by atoms with Gasteiger partial charge in [-0.05, 0) is 43.2 Å². The first kappa shape index (κ1) is 16.8. The number of pyridine rings is 1. The highest BCUT2D eigenvalue weighted by Crippen LogP contribution is 2.23. The molecular weight excluding hydrogens is 346 g/mol. The number of furan rings is 1. The SMILES string of the molecule is CCc1c(C)c2ccc(NC(=O)c3cc(-c4ccco4)on3)cc2[nH]c1=O. The summed E-state index contributed by atoms with van der Waals surface area (Å²) in [6, 6.07) is 10.3. The fourth-order valence-corrected chi connectivity index (χ4v) is 3.12. The summed E-state index contributed by atoms with van der Waals surface area (Å²) in [4.78, 5) is 27.5. The molecule has 27 heavy (non-hydrogen) atoms. The highest BCUT2D eigenvalue weighted by atomic mass is 16.5. The molecule has 0 aliphatic carbocycles. The van der Waals surface area contributed by atoms with Gasteiger partial charge in [0.1, 0.15) is 0 Å². The van der Waals surface area contributed by atoms with E-state index in [9.17, 15) is 9.59 Å². The lowest BCUT2D eigenvalue weighted by Gasteiger charge is -2.09. The third-order valence-electron chi connectivity index (χ3n) is 4.52. The topological polar surface area (TPSA) is 101 Å². The number of benzene rings is 1. The molecule has 0 bridgehead atoms. The number of aryl methyl sites for hydroxylation is 1. The van der Waals surface area contributed by atoms with Crippen LogP contribution in [-0.2, 0) is 6.42 Å². The van der Waals surface area contributed by atoms with Crippen molar-refractivity contribution in [2.75, 3.05) is 5.32 Å². The van der Waals surface area contributed by atoms with Crippen molar-refractivity contribution in [1.29, 1.82) is 0 Å². The van der Waals surface area contributed by atoms with Crippen LogP contribution in [0.5, 0.6) is 0 Å². The molecule has 0 aliphatic rings. The fourth-order valence-electron chi connectivity index (χ4n) is 3.12. The Hall–Kier alpha value is -3.61. The molecule has 0 aliphatic heterocycles. The summed E-state index contributed by atoms with van der Waals surface area (Å²) >= 11 is 0. The van der Waals surface area contributed by atoms with Gasteiger partial charge in [0.15, 0.2) is 11.5 Å². The van der Waals surface area contributed by atoms with Gasteiger partial charge in [-0.1, -0.05) is 18.1 Å². The standard InChI is InChI=1S/C20H17N3O4/c1-3-13-11(2)14-7-6-12(9-15(14)22-19(13)24)21-20(25)16-10-18(27-23-16)17-5-4-8-26-17/h4-10H,3H2,1-2H3,(H,21,25)(H,22,24). The molecule has 0 radical (unpaired) electrons. The van der Waals surface area contributed by atoms with Gasteiger partial charge in [-0.3, -0.25) is 9.59 Å². The van der Waals surface area contributed by atoms with E-state index in [1.165, 1.54) is 12.3 Å². The Kier molecular flexibility index (Phi) is 4.12. The fraction of sp³-hybridized carbons (Fsp3) is 0.150. The minimum absolute atomic E-state index is 0.106. The Labute approximate surface area is 154 Å². The third-order valence-corrected chi connectivity index (χ3v) is 4.52. The number of hydrogen-bond acceptors (Lipinski definition) is 5. The molecule has 4 rings (SSSR count). The minimum atomic E-state index is -0.417. The van der Waals surface area contributed by atoms with Gasteiger partial charge in [-0.2, -0.15) is 0 Å². The number of amides is 1. The van der Waals surface area contributed by atoms with Gasteiger partial charge in [0, 0.05) is 22.7 Å². The van der Waals surface area contributed by atoms with Gasteiger partial charge in [0.05, 0.1) is 11.8 Å². The number of H-pyrrole nitrogens is 1. The van der Waals surface area contributed by atoms with Crippen LogP contribution in [0.4, 0.5) is 5.69 Å². The molecule has 7 heteroatoms. The molecule has 1 amide bonds. The molecule has 3 heterocycles. The largest absolute Gasteiger partial charge is 0.461 e. The molecule has 1 aromatic carbocycles. The molecule has 4 aromatic rings. The first-order valence-electron chi connectivity index (χ1n) is 8.54. The summed E-state index contributed by atoms with van der Waals surface area (Å²) in [5.41, 5.74) is 2.97. The van der Waals surface area contributed by atoms with E-state index in [0.717, 1.165) is 16.5 Å². The molecular formula is C20H17N3O4. The van der Waals surface area contributed by atoms with Crippen LogP contribution in [0.25, 0.3) is 22.4 Å². The average Bonchev–Trinajstić information content (AvgIpc) is 3.33. The van der Waals surface area contributed by atoms with E-state index in [1.807, 2.05) is 19.9 Å². The summed E-state index contributed by atoms with van der Waals surface area (Å²) < 4.78 is 10.4. The zero-order valence-corrected chi connectivity index (χ0v) is 14.8. The van der Waals surface area contributed by atoms with E-state index in [2.05, 4.69) is 15.5 Å². The first-order valence-corrected chi connectivity index (χ1v) is 8.54. The number of nitrogens with one attached hydrogen (secondary N) is 2. The summed E-state index contributed by atoms with van der Waals surface area (Å²) in [7, 11) is 0. The van der Waals surface area contributed by atoms with Crippen molar-refractivity contribution in [3.8, 4) is 11.5 Å². The molecule has 3 aromatic heterocycles. The lowest BCUT2D eigenvalue weighted by molar-refractivity contribution is 0.101. The maximum absolute atomic E-state index is 12.4. The zero-order chi connectivity index (χ0) is 19.0. The van der Waals surface area contributed by atoms with Crippen LogP contribution in [0.3, 0.4) is 0 Å². The van der Waals surface area contributed by atoms with Crippen LogP contribution >= 0.6 is 0 Å². The molecule has 0 atom stereocenters. The van der Waals surface area contributed by atoms with Crippen LogP contribution in [0.1, 0.15) is 28.5 Å². The van der Waals surface area contributed by atoms with Gasteiger partial charge in [0.25, 0.3) is 11.5 Å². The second kappa shape index (κ2) is 6.60. The number of rotatable bonds is 4.